The monoisotopic (exact) mass is 230 g/mol. The van der Waals surface area contributed by atoms with E-state index in [0.29, 0.717) is 0 Å². The Hall–Kier alpha value is -1.28. The first kappa shape index (κ1) is 9.91. The number of thiophene rings is 1. The van der Waals surface area contributed by atoms with Crippen LogP contribution in [0.5, 0.6) is 5.75 Å². The van der Waals surface area contributed by atoms with Crippen molar-refractivity contribution in [3.8, 4) is 16.2 Å². The van der Waals surface area contributed by atoms with E-state index in [1.807, 2.05) is 11.3 Å². The summed E-state index contributed by atoms with van der Waals surface area (Å²) in [5, 5.41) is 0. The Balaban J connectivity index is 2.17. The van der Waals surface area contributed by atoms with Gasteiger partial charge in [0.2, 0.25) is 0 Å². The minimum Gasteiger partial charge on any atom is -0.497 e. The van der Waals surface area contributed by atoms with E-state index < -0.39 is 0 Å². The largest absolute Gasteiger partial charge is 0.497 e. The Morgan fingerprint density at radius 2 is 1.94 bits per heavy atom. The van der Waals surface area contributed by atoms with Gasteiger partial charge in [0, 0.05) is 9.75 Å². The lowest BCUT2D eigenvalue weighted by atomic mass is 9.91. The second kappa shape index (κ2) is 3.63. The van der Waals surface area contributed by atoms with E-state index in [0.717, 1.165) is 12.2 Å². The zero-order valence-corrected chi connectivity index (χ0v) is 10.4. The normalized spacial score (nSPS) is 13.1. The summed E-state index contributed by atoms with van der Waals surface area (Å²) in [5.74, 6) is 0.968. The molecule has 0 fully saturated rings. The lowest BCUT2D eigenvalue weighted by Gasteiger charge is -2.16. The zero-order valence-electron chi connectivity index (χ0n) is 9.54. The summed E-state index contributed by atoms with van der Waals surface area (Å²) in [6.07, 6.45) is 2.30. The van der Waals surface area contributed by atoms with Crippen LogP contribution in [-0.2, 0) is 12.8 Å². The molecule has 0 bridgehead atoms. The van der Waals surface area contributed by atoms with Gasteiger partial charge in [0.1, 0.15) is 5.75 Å². The highest BCUT2D eigenvalue weighted by atomic mass is 32.1. The van der Waals surface area contributed by atoms with Crippen molar-refractivity contribution >= 4 is 11.3 Å². The number of hydrogen-bond acceptors (Lipinski definition) is 2. The van der Waals surface area contributed by atoms with E-state index in [1.165, 1.54) is 32.9 Å². The fourth-order valence-corrected chi connectivity index (χ4v) is 3.50. The number of methoxy groups -OCH3 is 1. The SMILES string of the molecule is COc1ccc2c(c1)CCc1cc(C)sc1-2. The van der Waals surface area contributed by atoms with E-state index in [9.17, 15) is 0 Å². The highest BCUT2D eigenvalue weighted by Crippen LogP contribution is 2.40. The molecule has 1 nitrogen and oxygen atoms in total. The number of ether oxygens (including phenoxy) is 1. The van der Waals surface area contributed by atoms with Crippen molar-refractivity contribution in [3.05, 3.63) is 40.3 Å². The summed E-state index contributed by atoms with van der Waals surface area (Å²) in [7, 11) is 1.73. The van der Waals surface area contributed by atoms with Crippen LogP contribution in [0.1, 0.15) is 16.0 Å². The van der Waals surface area contributed by atoms with E-state index in [1.54, 1.807) is 7.11 Å². The number of aryl methyl sites for hydroxylation is 3. The molecule has 0 N–H and O–H groups in total. The second-order valence-corrected chi connectivity index (χ2v) is 5.49. The smallest absolute Gasteiger partial charge is 0.119 e. The van der Waals surface area contributed by atoms with Crippen molar-refractivity contribution in [2.75, 3.05) is 7.11 Å². The molecular weight excluding hydrogens is 216 g/mol. The summed E-state index contributed by atoms with van der Waals surface area (Å²) in [4.78, 5) is 2.87. The minimum absolute atomic E-state index is 0.968. The number of benzene rings is 1. The van der Waals surface area contributed by atoms with Crippen molar-refractivity contribution in [2.24, 2.45) is 0 Å². The molecule has 0 saturated heterocycles. The van der Waals surface area contributed by atoms with Crippen molar-refractivity contribution in [1.29, 1.82) is 0 Å². The van der Waals surface area contributed by atoms with Gasteiger partial charge < -0.3 is 4.74 Å². The third-order valence-corrected chi connectivity index (χ3v) is 4.28. The van der Waals surface area contributed by atoms with Crippen molar-refractivity contribution in [1.82, 2.24) is 0 Å². The van der Waals surface area contributed by atoms with Gasteiger partial charge in [-0.2, -0.15) is 0 Å². The van der Waals surface area contributed by atoms with Crippen LogP contribution in [0.4, 0.5) is 0 Å². The summed E-state index contributed by atoms with van der Waals surface area (Å²) >= 11 is 1.91. The Morgan fingerprint density at radius 1 is 1.12 bits per heavy atom. The molecule has 1 aliphatic carbocycles. The first-order chi connectivity index (χ1) is 7.78. The van der Waals surface area contributed by atoms with Gasteiger partial charge in [0.25, 0.3) is 0 Å². The van der Waals surface area contributed by atoms with Crippen LogP contribution in [0, 0.1) is 6.92 Å². The van der Waals surface area contributed by atoms with Crippen LogP contribution in [-0.4, -0.2) is 7.11 Å². The molecule has 82 valence electrons. The highest BCUT2D eigenvalue weighted by molar-refractivity contribution is 7.15. The molecule has 1 heterocycles. The molecule has 0 spiro atoms. The Kier molecular flexibility index (Phi) is 2.25. The molecule has 16 heavy (non-hydrogen) atoms. The maximum atomic E-state index is 5.28. The molecule has 0 radical (unpaired) electrons. The van der Waals surface area contributed by atoms with Crippen molar-refractivity contribution in [2.45, 2.75) is 19.8 Å². The second-order valence-electron chi connectivity index (χ2n) is 4.23. The van der Waals surface area contributed by atoms with Gasteiger partial charge in [0.05, 0.1) is 7.11 Å². The van der Waals surface area contributed by atoms with Crippen LogP contribution < -0.4 is 4.74 Å². The first-order valence-corrected chi connectivity index (χ1v) is 6.36. The molecule has 0 saturated carbocycles. The molecule has 1 aromatic carbocycles. The van der Waals surface area contributed by atoms with Gasteiger partial charge in [-0.15, -0.1) is 11.3 Å². The summed E-state index contributed by atoms with van der Waals surface area (Å²) in [5.41, 5.74) is 4.34. The number of hydrogen-bond donors (Lipinski definition) is 0. The molecule has 0 atom stereocenters. The Labute approximate surface area is 99.7 Å². The average Bonchev–Trinajstić information content (AvgIpc) is 2.69. The predicted octanol–water partition coefficient (Wildman–Crippen LogP) is 3.83. The molecule has 0 unspecified atom stereocenters. The number of fused-ring (bicyclic) bond motifs is 3. The van der Waals surface area contributed by atoms with Crippen LogP contribution >= 0.6 is 11.3 Å². The molecule has 0 aliphatic heterocycles. The van der Waals surface area contributed by atoms with Crippen LogP contribution in [0.25, 0.3) is 10.4 Å². The fraction of sp³-hybridized carbons (Fsp3) is 0.286. The van der Waals surface area contributed by atoms with Gasteiger partial charge in [0.15, 0.2) is 0 Å². The van der Waals surface area contributed by atoms with Gasteiger partial charge in [-0.1, -0.05) is 0 Å². The highest BCUT2D eigenvalue weighted by Gasteiger charge is 2.18. The average molecular weight is 230 g/mol. The van der Waals surface area contributed by atoms with Gasteiger partial charge in [-0.25, -0.2) is 0 Å². The van der Waals surface area contributed by atoms with E-state index in [4.69, 9.17) is 4.74 Å². The van der Waals surface area contributed by atoms with Gasteiger partial charge in [-0.05, 0) is 60.7 Å². The van der Waals surface area contributed by atoms with Gasteiger partial charge in [-0.3, -0.25) is 0 Å². The van der Waals surface area contributed by atoms with E-state index >= 15 is 0 Å². The maximum Gasteiger partial charge on any atom is 0.119 e. The molecular formula is C14H14OS. The molecule has 2 heteroatoms. The summed E-state index contributed by atoms with van der Waals surface area (Å²) in [6.45, 7) is 2.19. The first-order valence-electron chi connectivity index (χ1n) is 5.54. The third kappa shape index (κ3) is 1.45. The van der Waals surface area contributed by atoms with Crippen LogP contribution in [0.3, 0.4) is 0 Å². The lowest BCUT2D eigenvalue weighted by Crippen LogP contribution is -2.01. The molecule has 3 rings (SSSR count). The van der Waals surface area contributed by atoms with E-state index in [-0.39, 0.29) is 0 Å². The Morgan fingerprint density at radius 3 is 2.75 bits per heavy atom. The molecule has 0 amide bonds. The Bertz CT molecular complexity index is 540. The van der Waals surface area contributed by atoms with Crippen molar-refractivity contribution < 1.29 is 4.74 Å². The fourth-order valence-electron chi connectivity index (χ4n) is 2.38. The van der Waals surface area contributed by atoms with Crippen molar-refractivity contribution in [3.63, 3.8) is 0 Å². The van der Waals surface area contributed by atoms with E-state index in [2.05, 4.69) is 31.2 Å². The summed E-state index contributed by atoms with van der Waals surface area (Å²) in [6, 6.07) is 8.76. The number of rotatable bonds is 1. The standard InChI is InChI=1S/C14H14OS/c1-9-7-11-4-3-10-8-12(15-2)5-6-13(10)14(11)16-9/h5-8H,3-4H2,1-2H3. The molecule has 2 aromatic rings. The summed E-state index contributed by atoms with van der Waals surface area (Å²) < 4.78 is 5.28. The van der Waals surface area contributed by atoms with Crippen LogP contribution in [0.15, 0.2) is 24.3 Å². The maximum absolute atomic E-state index is 5.28. The third-order valence-electron chi connectivity index (χ3n) is 3.15. The lowest BCUT2D eigenvalue weighted by molar-refractivity contribution is 0.414. The molecule has 1 aliphatic rings. The zero-order chi connectivity index (χ0) is 11.1. The quantitative estimate of drug-likeness (QED) is 0.723. The molecule has 1 aromatic heterocycles. The topological polar surface area (TPSA) is 9.23 Å². The minimum atomic E-state index is 0.968. The van der Waals surface area contributed by atoms with Crippen LogP contribution in [0.2, 0.25) is 0 Å². The predicted molar refractivity (Wildman–Crippen MR) is 68.5 cm³/mol. The van der Waals surface area contributed by atoms with Gasteiger partial charge >= 0.3 is 0 Å².